The molecule has 0 atom stereocenters. The van der Waals surface area contributed by atoms with Crippen LogP contribution in [0.4, 0.5) is 13.2 Å². The van der Waals surface area contributed by atoms with E-state index in [-0.39, 0.29) is 11.6 Å². The van der Waals surface area contributed by atoms with E-state index in [1.807, 2.05) is 11.9 Å². The molecule has 26 heavy (non-hydrogen) atoms. The maximum Gasteiger partial charge on any atom is 0.387 e. The van der Waals surface area contributed by atoms with Gasteiger partial charge in [-0.2, -0.15) is 13.8 Å². The quantitative estimate of drug-likeness (QED) is 0.632. The highest BCUT2D eigenvalue weighted by Gasteiger charge is 2.11. The predicted molar refractivity (Wildman–Crippen MR) is 87.9 cm³/mol. The van der Waals surface area contributed by atoms with Gasteiger partial charge in [0.2, 0.25) is 11.7 Å². The number of hydrogen-bond donors (Lipinski definition) is 0. The van der Waals surface area contributed by atoms with E-state index < -0.39 is 6.61 Å². The van der Waals surface area contributed by atoms with Crippen molar-refractivity contribution in [3.8, 4) is 17.1 Å². The Bertz CT molecular complexity index is 836. The third kappa shape index (κ3) is 4.82. The van der Waals surface area contributed by atoms with Crippen molar-refractivity contribution in [2.45, 2.75) is 19.7 Å². The van der Waals surface area contributed by atoms with Gasteiger partial charge >= 0.3 is 6.61 Å². The van der Waals surface area contributed by atoms with Crippen molar-refractivity contribution in [3.05, 3.63) is 65.8 Å². The summed E-state index contributed by atoms with van der Waals surface area (Å²) in [6, 6.07) is 12.2. The summed E-state index contributed by atoms with van der Waals surface area (Å²) in [5, 5.41) is 3.89. The van der Waals surface area contributed by atoms with Crippen LogP contribution in [-0.4, -0.2) is 28.7 Å². The van der Waals surface area contributed by atoms with Crippen LogP contribution in [0, 0.1) is 5.82 Å². The lowest BCUT2D eigenvalue weighted by Gasteiger charge is -2.14. The summed E-state index contributed by atoms with van der Waals surface area (Å²) in [7, 11) is 1.87. The average molecular weight is 363 g/mol. The van der Waals surface area contributed by atoms with E-state index in [1.54, 1.807) is 24.3 Å². The second kappa shape index (κ2) is 8.01. The lowest BCUT2D eigenvalue weighted by Crippen LogP contribution is -2.17. The second-order valence-electron chi connectivity index (χ2n) is 5.71. The molecule has 5 nitrogen and oxygen atoms in total. The van der Waals surface area contributed by atoms with Gasteiger partial charge in [0.15, 0.2) is 0 Å². The molecule has 0 fully saturated rings. The Morgan fingerprint density at radius 3 is 2.38 bits per heavy atom. The van der Waals surface area contributed by atoms with Gasteiger partial charge in [-0.3, -0.25) is 4.90 Å². The van der Waals surface area contributed by atoms with Crippen molar-refractivity contribution in [1.29, 1.82) is 0 Å². The SMILES string of the molecule is CN(Cc1ccc(OC(F)F)cc1)Cc1nc(-c2ccc(F)cc2)no1. The minimum atomic E-state index is -2.84. The molecule has 2 aromatic carbocycles. The third-order valence-corrected chi connectivity index (χ3v) is 3.58. The molecule has 0 aliphatic heterocycles. The van der Waals surface area contributed by atoms with Gasteiger partial charge in [-0.1, -0.05) is 17.3 Å². The topological polar surface area (TPSA) is 51.4 Å². The summed E-state index contributed by atoms with van der Waals surface area (Å²) >= 11 is 0. The fourth-order valence-electron chi connectivity index (χ4n) is 2.41. The Labute approximate surface area is 148 Å². The zero-order chi connectivity index (χ0) is 18.5. The fraction of sp³-hybridized carbons (Fsp3) is 0.222. The van der Waals surface area contributed by atoms with E-state index in [2.05, 4.69) is 14.9 Å². The van der Waals surface area contributed by atoms with Crippen LogP contribution < -0.4 is 4.74 Å². The number of rotatable bonds is 7. The summed E-state index contributed by atoms with van der Waals surface area (Å²) in [5.41, 5.74) is 1.59. The van der Waals surface area contributed by atoms with Gasteiger partial charge < -0.3 is 9.26 Å². The molecule has 0 saturated heterocycles. The van der Waals surface area contributed by atoms with Crippen LogP contribution in [0.15, 0.2) is 53.1 Å². The molecule has 0 spiro atoms. The van der Waals surface area contributed by atoms with Crippen molar-refractivity contribution in [2.24, 2.45) is 0 Å². The Balaban J connectivity index is 1.58. The van der Waals surface area contributed by atoms with Crippen molar-refractivity contribution in [3.63, 3.8) is 0 Å². The van der Waals surface area contributed by atoms with E-state index in [0.717, 1.165) is 5.56 Å². The molecule has 1 heterocycles. The molecule has 0 N–H and O–H groups in total. The highest BCUT2D eigenvalue weighted by molar-refractivity contribution is 5.53. The van der Waals surface area contributed by atoms with E-state index in [1.165, 1.54) is 24.3 Å². The van der Waals surface area contributed by atoms with Gasteiger partial charge in [0.05, 0.1) is 6.54 Å². The molecule has 3 rings (SSSR count). The van der Waals surface area contributed by atoms with Crippen LogP contribution in [-0.2, 0) is 13.1 Å². The van der Waals surface area contributed by atoms with Crippen LogP contribution in [0.5, 0.6) is 5.75 Å². The molecular weight excluding hydrogens is 347 g/mol. The van der Waals surface area contributed by atoms with Gasteiger partial charge in [-0.05, 0) is 49.0 Å². The van der Waals surface area contributed by atoms with Crippen LogP contribution in [0.3, 0.4) is 0 Å². The van der Waals surface area contributed by atoms with E-state index in [4.69, 9.17) is 4.52 Å². The molecule has 0 saturated carbocycles. The molecule has 136 valence electrons. The number of hydrogen-bond acceptors (Lipinski definition) is 5. The minimum Gasteiger partial charge on any atom is -0.435 e. The normalized spacial score (nSPS) is 11.3. The fourth-order valence-corrected chi connectivity index (χ4v) is 2.41. The third-order valence-electron chi connectivity index (χ3n) is 3.58. The molecule has 0 unspecified atom stereocenters. The summed E-state index contributed by atoms with van der Waals surface area (Å²) in [4.78, 5) is 6.23. The standard InChI is InChI=1S/C18H16F3N3O2/c1-24(10-12-2-8-15(9-3-12)25-18(20)21)11-16-22-17(23-26-16)13-4-6-14(19)7-5-13/h2-9,18H,10-11H2,1H3. The van der Waals surface area contributed by atoms with Crippen molar-refractivity contribution in [1.82, 2.24) is 15.0 Å². The first-order chi connectivity index (χ1) is 12.5. The van der Waals surface area contributed by atoms with E-state index >= 15 is 0 Å². The molecule has 8 heteroatoms. The van der Waals surface area contributed by atoms with Crippen molar-refractivity contribution >= 4 is 0 Å². The largest absolute Gasteiger partial charge is 0.435 e. The minimum absolute atomic E-state index is 0.118. The second-order valence-corrected chi connectivity index (χ2v) is 5.71. The number of aromatic nitrogens is 2. The first-order valence-corrected chi connectivity index (χ1v) is 7.80. The Kier molecular flexibility index (Phi) is 5.52. The molecule has 0 aliphatic rings. The zero-order valence-electron chi connectivity index (χ0n) is 13.9. The maximum atomic E-state index is 13.0. The molecule has 3 aromatic rings. The molecule has 0 radical (unpaired) electrons. The highest BCUT2D eigenvalue weighted by Crippen LogP contribution is 2.18. The van der Waals surface area contributed by atoms with E-state index in [9.17, 15) is 13.2 Å². The van der Waals surface area contributed by atoms with Gasteiger partial charge in [0.1, 0.15) is 11.6 Å². The molecule has 0 bridgehead atoms. The van der Waals surface area contributed by atoms with Crippen LogP contribution >= 0.6 is 0 Å². The Morgan fingerprint density at radius 1 is 1.04 bits per heavy atom. The van der Waals surface area contributed by atoms with Gasteiger partial charge in [-0.25, -0.2) is 4.39 Å². The van der Waals surface area contributed by atoms with Gasteiger partial charge in [0, 0.05) is 12.1 Å². The number of ether oxygens (including phenoxy) is 1. The molecule has 1 aromatic heterocycles. The summed E-state index contributed by atoms with van der Waals surface area (Å²) in [5.74, 6) is 0.598. The number of nitrogens with zero attached hydrogens (tertiary/aromatic N) is 3. The smallest absolute Gasteiger partial charge is 0.387 e. The maximum absolute atomic E-state index is 13.0. The molecule has 0 amide bonds. The monoisotopic (exact) mass is 363 g/mol. The van der Waals surface area contributed by atoms with Gasteiger partial charge in [0.25, 0.3) is 0 Å². The van der Waals surface area contributed by atoms with Gasteiger partial charge in [-0.15, -0.1) is 0 Å². The summed E-state index contributed by atoms with van der Waals surface area (Å²) in [6.07, 6.45) is 0. The number of benzene rings is 2. The summed E-state index contributed by atoms with van der Waals surface area (Å²) < 4.78 is 46.8. The molecule has 0 aliphatic carbocycles. The Hall–Kier alpha value is -2.87. The Morgan fingerprint density at radius 2 is 1.73 bits per heavy atom. The lowest BCUT2D eigenvalue weighted by molar-refractivity contribution is -0.0498. The first-order valence-electron chi connectivity index (χ1n) is 7.80. The highest BCUT2D eigenvalue weighted by atomic mass is 19.3. The lowest BCUT2D eigenvalue weighted by atomic mass is 10.2. The molecular formula is C18H16F3N3O2. The van der Waals surface area contributed by atoms with Crippen LogP contribution in [0.1, 0.15) is 11.5 Å². The zero-order valence-corrected chi connectivity index (χ0v) is 13.9. The number of alkyl halides is 2. The van der Waals surface area contributed by atoms with Crippen LogP contribution in [0.25, 0.3) is 11.4 Å². The summed E-state index contributed by atoms with van der Waals surface area (Å²) in [6.45, 7) is -1.87. The first kappa shape index (κ1) is 17.9. The van der Waals surface area contributed by atoms with E-state index in [0.29, 0.717) is 30.4 Å². The van der Waals surface area contributed by atoms with Crippen LogP contribution in [0.2, 0.25) is 0 Å². The number of halogens is 3. The van der Waals surface area contributed by atoms with Crippen molar-refractivity contribution < 1.29 is 22.4 Å². The predicted octanol–water partition coefficient (Wildman–Crippen LogP) is 4.11. The average Bonchev–Trinajstić information content (AvgIpc) is 3.05. The van der Waals surface area contributed by atoms with Crippen molar-refractivity contribution in [2.75, 3.05) is 7.05 Å².